The largest absolute Gasteiger partial charge is 0.361 e. The first-order valence-corrected chi connectivity index (χ1v) is 3.17. The standard InChI is InChI=1S/C7H13NO/c1-4-5-9-7(2,3)6-8/h4-5H2,1-3H3. The van der Waals surface area contributed by atoms with Gasteiger partial charge in [0.25, 0.3) is 0 Å². The Kier molecular flexibility index (Phi) is 3.26. The molecule has 0 aliphatic rings. The van der Waals surface area contributed by atoms with Crippen LogP contribution in [-0.4, -0.2) is 12.2 Å². The molecular formula is C7H13NO. The van der Waals surface area contributed by atoms with Crippen molar-refractivity contribution >= 4 is 0 Å². The molecule has 0 saturated heterocycles. The molecule has 0 aliphatic heterocycles. The topological polar surface area (TPSA) is 33.0 Å². The molecule has 0 radical (unpaired) electrons. The third-order valence-electron chi connectivity index (χ3n) is 0.936. The maximum absolute atomic E-state index is 8.45. The fraction of sp³-hybridized carbons (Fsp3) is 0.857. The van der Waals surface area contributed by atoms with Crippen molar-refractivity contribution in [1.29, 1.82) is 5.26 Å². The Labute approximate surface area is 56.4 Å². The predicted molar refractivity (Wildman–Crippen MR) is 35.9 cm³/mol. The normalized spacial score (nSPS) is 10.9. The Morgan fingerprint density at radius 1 is 1.56 bits per heavy atom. The van der Waals surface area contributed by atoms with Crippen LogP contribution in [0.1, 0.15) is 27.2 Å². The van der Waals surface area contributed by atoms with Crippen LogP contribution >= 0.6 is 0 Å². The van der Waals surface area contributed by atoms with E-state index in [2.05, 4.69) is 6.07 Å². The van der Waals surface area contributed by atoms with Crippen LogP contribution < -0.4 is 0 Å². The van der Waals surface area contributed by atoms with Gasteiger partial charge in [-0.05, 0) is 20.3 Å². The van der Waals surface area contributed by atoms with Gasteiger partial charge >= 0.3 is 0 Å². The average molecular weight is 127 g/mol. The summed E-state index contributed by atoms with van der Waals surface area (Å²) < 4.78 is 5.17. The van der Waals surface area contributed by atoms with Gasteiger partial charge < -0.3 is 4.74 Å². The summed E-state index contributed by atoms with van der Waals surface area (Å²) in [5.41, 5.74) is -0.601. The molecule has 0 fully saturated rings. The van der Waals surface area contributed by atoms with E-state index in [1.54, 1.807) is 13.8 Å². The van der Waals surface area contributed by atoms with Crippen molar-refractivity contribution in [3.63, 3.8) is 0 Å². The molecule has 2 nitrogen and oxygen atoms in total. The van der Waals surface area contributed by atoms with Crippen LogP contribution in [0.4, 0.5) is 0 Å². The van der Waals surface area contributed by atoms with E-state index >= 15 is 0 Å². The van der Waals surface area contributed by atoms with Crippen LogP contribution in [0, 0.1) is 11.3 Å². The summed E-state index contributed by atoms with van der Waals surface area (Å²) in [6, 6.07) is 2.05. The van der Waals surface area contributed by atoms with Gasteiger partial charge in [-0.1, -0.05) is 6.92 Å². The molecule has 0 aromatic carbocycles. The summed E-state index contributed by atoms with van der Waals surface area (Å²) in [6.07, 6.45) is 0.963. The molecule has 0 bridgehead atoms. The van der Waals surface area contributed by atoms with Crippen molar-refractivity contribution in [1.82, 2.24) is 0 Å². The lowest BCUT2D eigenvalue weighted by Crippen LogP contribution is -2.21. The second kappa shape index (κ2) is 3.47. The summed E-state index contributed by atoms with van der Waals surface area (Å²) in [5.74, 6) is 0. The highest BCUT2D eigenvalue weighted by Gasteiger charge is 2.14. The summed E-state index contributed by atoms with van der Waals surface area (Å²) in [4.78, 5) is 0. The van der Waals surface area contributed by atoms with E-state index in [1.165, 1.54) is 0 Å². The molecule has 2 heteroatoms. The fourth-order valence-electron chi connectivity index (χ4n) is 0.389. The maximum Gasteiger partial charge on any atom is 0.148 e. The molecule has 0 heterocycles. The minimum absolute atomic E-state index is 0.601. The fourth-order valence-corrected chi connectivity index (χ4v) is 0.389. The summed E-state index contributed by atoms with van der Waals surface area (Å²) in [5, 5.41) is 8.45. The zero-order valence-electron chi connectivity index (χ0n) is 6.27. The van der Waals surface area contributed by atoms with Crippen LogP contribution in [0.2, 0.25) is 0 Å². The van der Waals surface area contributed by atoms with E-state index in [1.807, 2.05) is 6.92 Å². The maximum atomic E-state index is 8.45. The SMILES string of the molecule is CCCOC(C)(C)C#N. The monoisotopic (exact) mass is 127 g/mol. The van der Waals surface area contributed by atoms with Crippen molar-refractivity contribution in [3.05, 3.63) is 0 Å². The summed E-state index contributed by atoms with van der Waals surface area (Å²) >= 11 is 0. The molecule has 0 saturated carbocycles. The molecule has 0 spiro atoms. The number of hydrogen-bond acceptors (Lipinski definition) is 2. The molecular weight excluding hydrogens is 114 g/mol. The lowest BCUT2D eigenvalue weighted by atomic mass is 10.2. The Bertz CT molecular complexity index is 113. The molecule has 0 rings (SSSR count). The van der Waals surface area contributed by atoms with Gasteiger partial charge in [0.1, 0.15) is 5.60 Å². The van der Waals surface area contributed by atoms with E-state index in [0.29, 0.717) is 6.61 Å². The van der Waals surface area contributed by atoms with Gasteiger partial charge in [-0.15, -0.1) is 0 Å². The zero-order valence-corrected chi connectivity index (χ0v) is 6.27. The van der Waals surface area contributed by atoms with Crippen LogP contribution in [-0.2, 0) is 4.74 Å². The number of nitrogens with zero attached hydrogens (tertiary/aromatic N) is 1. The van der Waals surface area contributed by atoms with Crippen molar-refractivity contribution < 1.29 is 4.74 Å². The second-order valence-electron chi connectivity index (χ2n) is 2.47. The predicted octanol–water partition coefficient (Wildman–Crippen LogP) is 1.72. The van der Waals surface area contributed by atoms with Crippen molar-refractivity contribution in [3.8, 4) is 6.07 Å². The zero-order chi connectivity index (χ0) is 7.33. The van der Waals surface area contributed by atoms with E-state index in [0.717, 1.165) is 6.42 Å². The molecule has 0 N–H and O–H groups in total. The Hall–Kier alpha value is -0.550. The van der Waals surface area contributed by atoms with Crippen LogP contribution in [0.25, 0.3) is 0 Å². The third-order valence-corrected chi connectivity index (χ3v) is 0.936. The molecule has 9 heavy (non-hydrogen) atoms. The Morgan fingerprint density at radius 3 is 2.44 bits per heavy atom. The first-order valence-electron chi connectivity index (χ1n) is 3.17. The summed E-state index contributed by atoms with van der Waals surface area (Å²) in [6.45, 7) is 6.22. The van der Waals surface area contributed by atoms with Crippen LogP contribution in [0.3, 0.4) is 0 Å². The molecule has 0 aromatic rings. The van der Waals surface area contributed by atoms with Crippen LogP contribution in [0.15, 0.2) is 0 Å². The highest BCUT2D eigenvalue weighted by molar-refractivity contribution is 4.93. The quantitative estimate of drug-likeness (QED) is 0.578. The minimum Gasteiger partial charge on any atom is -0.361 e. The van der Waals surface area contributed by atoms with Crippen LogP contribution in [0.5, 0.6) is 0 Å². The highest BCUT2D eigenvalue weighted by Crippen LogP contribution is 2.06. The number of ether oxygens (including phenoxy) is 1. The molecule has 0 aromatic heterocycles. The highest BCUT2D eigenvalue weighted by atomic mass is 16.5. The van der Waals surface area contributed by atoms with Gasteiger partial charge in [-0.3, -0.25) is 0 Å². The smallest absolute Gasteiger partial charge is 0.148 e. The van der Waals surface area contributed by atoms with Gasteiger partial charge in [-0.25, -0.2) is 0 Å². The van der Waals surface area contributed by atoms with E-state index < -0.39 is 5.60 Å². The Balaban J connectivity index is 3.49. The Morgan fingerprint density at radius 2 is 2.11 bits per heavy atom. The van der Waals surface area contributed by atoms with Gasteiger partial charge in [0.05, 0.1) is 6.07 Å². The van der Waals surface area contributed by atoms with Gasteiger partial charge in [-0.2, -0.15) is 5.26 Å². The van der Waals surface area contributed by atoms with Gasteiger partial charge in [0, 0.05) is 6.61 Å². The van der Waals surface area contributed by atoms with Crippen molar-refractivity contribution in [2.24, 2.45) is 0 Å². The van der Waals surface area contributed by atoms with E-state index in [-0.39, 0.29) is 0 Å². The molecule has 0 atom stereocenters. The number of nitriles is 1. The molecule has 0 aliphatic carbocycles. The van der Waals surface area contributed by atoms with Gasteiger partial charge in [0.2, 0.25) is 0 Å². The van der Waals surface area contributed by atoms with Crippen molar-refractivity contribution in [2.45, 2.75) is 32.8 Å². The van der Waals surface area contributed by atoms with E-state index in [9.17, 15) is 0 Å². The molecule has 0 amide bonds. The lowest BCUT2D eigenvalue weighted by Gasteiger charge is -2.14. The number of rotatable bonds is 3. The van der Waals surface area contributed by atoms with E-state index in [4.69, 9.17) is 10.00 Å². The lowest BCUT2D eigenvalue weighted by molar-refractivity contribution is 0.0259. The van der Waals surface area contributed by atoms with Crippen molar-refractivity contribution in [2.75, 3.05) is 6.61 Å². The molecule has 0 unspecified atom stereocenters. The third kappa shape index (κ3) is 3.99. The second-order valence-corrected chi connectivity index (χ2v) is 2.47. The minimum atomic E-state index is -0.601. The number of hydrogen-bond donors (Lipinski definition) is 0. The van der Waals surface area contributed by atoms with Gasteiger partial charge in [0.15, 0.2) is 0 Å². The first-order chi connectivity index (χ1) is 4.12. The summed E-state index contributed by atoms with van der Waals surface area (Å²) in [7, 11) is 0. The molecule has 52 valence electrons. The average Bonchev–Trinajstić information content (AvgIpc) is 1.84. The first kappa shape index (κ1) is 8.45.